The zero-order valence-electron chi connectivity index (χ0n) is 11.3. The number of carbonyl (C=O) groups is 1. The normalized spacial score (nSPS) is 16.4. The number of nitrogens with zero attached hydrogens (tertiary/aromatic N) is 1. The molecule has 1 aliphatic rings. The predicted molar refractivity (Wildman–Crippen MR) is 88.2 cm³/mol. The van der Waals surface area contributed by atoms with Gasteiger partial charge in [-0.1, -0.05) is 0 Å². The Kier molecular flexibility index (Phi) is 6.32. The van der Waals surface area contributed by atoms with Crippen LogP contribution in [0.2, 0.25) is 0 Å². The summed E-state index contributed by atoms with van der Waals surface area (Å²) < 4.78 is 7.26. The van der Waals surface area contributed by atoms with Gasteiger partial charge in [0.2, 0.25) is 0 Å². The van der Waals surface area contributed by atoms with Crippen LogP contribution in [0.1, 0.15) is 24.6 Å². The highest BCUT2D eigenvalue weighted by atomic mass is 79.9. The molecule has 0 bridgehead atoms. The van der Waals surface area contributed by atoms with E-state index < -0.39 is 0 Å². The van der Waals surface area contributed by atoms with Crippen LogP contribution in [-0.2, 0) is 11.3 Å². The molecule has 0 saturated carbocycles. The van der Waals surface area contributed by atoms with Crippen molar-refractivity contribution in [2.45, 2.75) is 32.4 Å². The summed E-state index contributed by atoms with van der Waals surface area (Å²) in [6.45, 7) is 4.70. The number of rotatable bonds is 4. The van der Waals surface area contributed by atoms with Gasteiger partial charge in [0.25, 0.3) is 0 Å². The Morgan fingerprint density at radius 1 is 1.50 bits per heavy atom. The summed E-state index contributed by atoms with van der Waals surface area (Å²) in [5.41, 5.74) is 0. The number of nitrogens with one attached hydrogen (secondary N) is 1. The molecule has 0 aliphatic carbocycles. The molecule has 0 spiro atoms. The van der Waals surface area contributed by atoms with Crippen molar-refractivity contribution in [2.75, 3.05) is 19.7 Å². The summed E-state index contributed by atoms with van der Waals surface area (Å²) >= 11 is 8.74. The second-order valence-corrected chi connectivity index (χ2v) is 7.98. The standard InChI is InChI=1S/C13H18Br2N2O2S/c1-2-19-13(18)17-5-3-9(4-6-17)16-8-10-7-11(14)12(15)20-10/h7,9,16H,2-6,8H2,1H3. The SMILES string of the molecule is CCOC(=O)N1CCC(NCc2cc(Br)c(Br)s2)CC1. The van der Waals surface area contributed by atoms with E-state index in [1.807, 2.05) is 6.92 Å². The summed E-state index contributed by atoms with van der Waals surface area (Å²) in [7, 11) is 0. The highest BCUT2D eigenvalue weighted by Gasteiger charge is 2.23. The third-order valence-electron chi connectivity index (χ3n) is 3.28. The Balaban J connectivity index is 1.73. The van der Waals surface area contributed by atoms with Gasteiger partial charge in [0, 0.05) is 35.0 Å². The van der Waals surface area contributed by atoms with Gasteiger partial charge in [0.15, 0.2) is 0 Å². The molecule has 1 fully saturated rings. The third kappa shape index (κ3) is 4.44. The lowest BCUT2D eigenvalue weighted by Crippen LogP contribution is -2.44. The average Bonchev–Trinajstić information content (AvgIpc) is 2.76. The highest BCUT2D eigenvalue weighted by molar-refractivity contribution is 9.13. The Bertz CT molecular complexity index is 440. The van der Waals surface area contributed by atoms with Crippen LogP contribution in [0.25, 0.3) is 0 Å². The maximum atomic E-state index is 11.6. The number of piperidine rings is 1. The van der Waals surface area contributed by atoms with Crippen molar-refractivity contribution in [3.63, 3.8) is 0 Å². The van der Waals surface area contributed by atoms with Crippen molar-refractivity contribution in [1.82, 2.24) is 10.2 Å². The molecule has 0 radical (unpaired) electrons. The van der Waals surface area contributed by atoms with Crippen LogP contribution in [0.3, 0.4) is 0 Å². The predicted octanol–water partition coefficient (Wildman–Crippen LogP) is 3.98. The number of likely N-dealkylation sites (tertiary alicyclic amines) is 1. The lowest BCUT2D eigenvalue weighted by molar-refractivity contribution is 0.0950. The number of hydrogen-bond acceptors (Lipinski definition) is 4. The molecule has 0 aromatic carbocycles. The number of halogens is 2. The van der Waals surface area contributed by atoms with Crippen LogP contribution >= 0.6 is 43.2 Å². The smallest absolute Gasteiger partial charge is 0.409 e. The molecule has 1 N–H and O–H groups in total. The quantitative estimate of drug-likeness (QED) is 0.792. The first-order chi connectivity index (χ1) is 9.60. The third-order valence-corrected chi connectivity index (χ3v) is 6.54. The van der Waals surface area contributed by atoms with Crippen LogP contribution < -0.4 is 5.32 Å². The lowest BCUT2D eigenvalue weighted by Gasteiger charge is -2.31. The Hall–Kier alpha value is -0.110. The molecular weight excluding hydrogens is 408 g/mol. The van der Waals surface area contributed by atoms with E-state index in [0.29, 0.717) is 12.6 Å². The van der Waals surface area contributed by atoms with Gasteiger partial charge in [-0.15, -0.1) is 11.3 Å². The zero-order chi connectivity index (χ0) is 14.5. The molecule has 1 amide bonds. The number of thiophene rings is 1. The maximum Gasteiger partial charge on any atom is 0.409 e. The Morgan fingerprint density at radius 2 is 2.20 bits per heavy atom. The molecule has 0 unspecified atom stereocenters. The highest BCUT2D eigenvalue weighted by Crippen LogP contribution is 2.32. The summed E-state index contributed by atoms with van der Waals surface area (Å²) in [6, 6.07) is 2.61. The molecule has 7 heteroatoms. The summed E-state index contributed by atoms with van der Waals surface area (Å²) in [5.74, 6) is 0. The number of carbonyl (C=O) groups excluding carboxylic acids is 1. The van der Waals surface area contributed by atoms with E-state index in [1.165, 1.54) is 4.88 Å². The van der Waals surface area contributed by atoms with Gasteiger partial charge in [0.05, 0.1) is 10.4 Å². The topological polar surface area (TPSA) is 41.6 Å². The molecule has 1 aromatic rings. The van der Waals surface area contributed by atoms with E-state index in [9.17, 15) is 4.79 Å². The van der Waals surface area contributed by atoms with E-state index >= 15 is 0 Å². The van der Waals surface area contributed by atoms with Crippen LogP contribution in [0.15, 0.2) is 14.3 Å². The molecule has 4 nitrogen and oxygen atoms in total. The second kappa shape index (κ2) is 7.77. The molecule has 1 saturated heterocycles. The first kappa shape index (κ1) is 16.3. The minimum absolute atomic E-state index is 0.183. The van der Waals surface area contributed by atoms with E-state index in [2.05, 4.69) is 43.2 Å². The first-order valence-electron chi connectivity index (χ1n) is 6.69. The van der Waals surface area contributed by atoms with Crippen molar-refractivity contribution in [3.8, 4) is 0 Å². The summed E-state index contributed by atoms with van der Waals surface area (Å²) in [4.78, 5) is 14.7. The van der Waals surface area contributed by atoms with E-state index in [-0.39, 0.29) is 6.09 Å². The van der Waals surface area contributed by atoms with Gasteiger partial charge in [-0.3, -0.25) is 0 Å². The Labute approximate surface area is 140 Å². The molecule has 1 aliphatic heterocycles. The maximum absolute atomic E-state index is 11.6. The van der Waals surface area contributed by atoms with Crippen LogP contribution in [-0.4, -0.2) is 36.7 Å². The van der Waals surface area contributed by atoms with Gasteiger partial charge >= 0.3 is 6.09 Å². The lowest BCUT2D eigenvalue weighted by atomic mass is 10.1. The van der Waals surface area contributed by atoms with Gasteiger partial charge in [-0.25, -0.2) is 4.79 Å². The van der Waals surface area contributed by atoms with Gasteiger partial charge in [-0.05, 0) is 57.7 Å². The average molecular weight is 426 g/mol. The second-order valence-electron chi connectivity index (χ2n) is 4.68. The van der Waals surface area contributed by atoms with E-state index in [0.717, 1.165) is 40.7 Å². The van der Waals surface area contributed by atoms with Crippen molar-refractivity contribution in [1.29, 1.82) is 0 Å². The molecule has 2 rings (SSSR count). The first-order valence-corrected chi connectivity index (χ1v) is 9.09. The van der Waals surface area contributed by atoms with Crippen molar-refractivity contribution in [2.24, 2.45) is 0 Å². The van der Waals surface area contributed by atoms with Crippen molar-refractivity contribution in [3.05, 3.63) is 19.2 Å². The fraction of sp³-hybridized carbons (Fsp3) is 0.615. The number of amides is 1. The molecule has 20 heavy (non-hydrogen) atoms. The van der Waals surface area contributed by atoms with Crippen molar-refractivity contribution >= 4 is 49.3 Å². The summed E-state index contributed by atoms with van der Waals surface area (Å²) in [6.07, 6.45) is 1.77. The molecule has 1 aromatic heterocycles. The Morgan fingerprint density at radius 3 is 2.75 bits per heavy atom. The zero-order valence-corrected chi connectivity index (χ0v) is 15.3. The molecule has 2 heterocycles. The summed E-state index contributed by atoms with van der Waals surface area (Å²) in [5, 5.41) is 3.56. The minimum Gasteiger partial charge on any atom is -0.450 e. The molecular formula is C13H18Br2N2O2S. The van der Waals surface area contributed by atoms with Crippen LogP contribution in [0.4, 0.5) is 4.79 Å². The van der Waals surface area contributed by atoms with Crippen molar-refractivity contribution < 1.29 is 9.53 Å². The van der Waals surface area contributed by atoms with Crippen LogP contribution in [0, 0.1) is 0 Å². The van der Waals surface area contributed by atoms with E-state index in [1.54, 1.807) is 16.2 Å². The number of ether oxygens (including phenoxy) is 1. The fourth-order valence-corrected chi connectivity index (χ4v) is 4.33. The number of hydrogen-bond donors (Lipinski definition) is 1. The monoisotopic (exact) mass is 424 g/mol. The molecule has 112 valence electrons. The largest absolute Gasteiger partial charge is 0.450 e. The van der Waals surface area contributed by atoms with Crippen LogP contribution in [0.5, 0.6) is 0 Å². The van der Waals surface area contributed by atoms with Gasteiger partial charge in [0.1, 0.15) is 0 Å². The minimum atomic E-state index is -0.183. The molecule has 0 atom stereocenters. The van der Waals surface area contributed by atoms with Gasteiger partial charge < -0.3 is 15.0 Å². The van der Waals surface area contributed by atoms with Gasteiger partial charge in [-0.2, -0.15) is 0 Å². The van der Waals surface area contributed by atoms with E-state index in [4.69, 9.17) is 4.74 Å². The fourth-order valence-electron chi connectivity index (χ4n) is 2.20.